The Bertz CT molecular complexity index is 1160. The molecule has 1 aromatic carbocycles. The van der Waals surface area contributed by atoms with Gasteiger partial charge in [0.05, 0.1) is 0 Å². The molecule has 5 rings (SSSR count). The van der Waals surface area contributed by atoms with Crippen LogP contribution in [0.1, 0.15) is 28.8 Å². The summed E-state index contributed by atoms with van der Waals surface area (Å²) in [6.45, 7) is 6.87. The van der Waals surface area contributed by atoms with Gasteiger partial charge in [-0.3, -0.25) is 14.7 Å². The average molecular weight is 489 g/mol. The highest BCUT2D eigenvalue weighted by Crippen LogP contribution is 2.24. The second-order valence-electron chi connectivity index (χ2n) is 9.78. The van der Waals surface area contributed by atoms with Crippen molar-refractivity contribution >= 4 is 11.7 Å². The van der Waals surface area contributed by atoms with E-state index in [1.807, 2.05) is 6.20 Å². The van der Waals surface area contributed by atoms with Crippen molar-refractivity contribution in [1.82, 2.24) is 25.1 Å². The van der Waals surface area contributed by atoms with Gasteiger partial charge in [-0.05, 0) is 55.8 Å². The molecule has 0 atom stereocenters. The lowest BCUT2D eigenvalue weighted by Gasteiger charge is -2.33. The van der Waals surface area contributed by atoms with Crippen LogP contribution in [0.3, 0.4) is 0 Å². The largest absolute Gasteiger partial charge is 0.354 e. The van der Waals surface area contributed by atoms with E-state index >= 15 is 0 Å². The van der Waals surface area contributed by atoms with E-state index in [2.05, 4.69) is 44.2 Å². The first-order valence-electron chi connectivity index (χ1n) is 12.7. The summed E-state index contributed by atoms with van der Waals surface area (Å²) in [5.41, 5.74) is 2.72. The van der Waals surface area contributed by atoms with Crippen molar-refractivity contribution in [2.45, 2.75) is 25.4 Å². The van der Waals surface area contributed by atoms with Crippen LogP contribution in [-0.2, 0) is 6.54 Å². The van der Waals surface area contributed by atoms with E-state index in [1.165, 1.54) is 11.6 Å². The highest BCUT2D eigenvalue weighted by atomic mass is 19.1. The molecule has 8 heteroatoms. The monoisotopic (exact) mass is 488 g/mol. The Hall–Kier alpha value is -3.36. The van der Waals surface area contributed by atoms with Gasteiger partial charge in [0, 0.05) is 87.1 Å². The van der Waals surface area contributed by atoms with E-state index in [4.69, 9.17) is 4.98 Å². The van der Waals surface area contributed by atoms with Crippen molar-refractivity contribution < 1.29 is 9.18 Å². The smallest absolute Gasteiger partial charge is 0.251 e. The number of rotatable bonds is 6. The van der Waals surface area contributed by atoms with Crippen LogP contribution >= 0.6 is 0 Å². The molecule has 0 saturated carbocycles. The maximum atomic E-state index is 14.4. The van der Waals surface area contributed by atoms with Crippen LogP contribution < -0.4 is 10.2 Å². The number of hydrogen-bond acceptors (Lipinski definition) is 6. The molecule has 1 amide bonds. The Kier molecular flexibility index (Phi) is 7.53. The number of piperidine rings is 1. The number of carbonyl (C=O) groups is 1. The number of pyridine rings is 2. The number of likely N-dealkylation sites (tertiary alicyclic amines) is 1. The molecule has 0 bridgehead atoms. The Morgan fingerprint density at radius 3 is 2.53 bits per heavy atom. The van der Waals surface area contributed by atoms with Crippen molar-refractivity contribution in [1.29, 1.82) is 0 Å². The summed E-state index contributed by atoms with van der Waals surface area (Å²) in [5.74, 6) is 0.530. The lowest BCUT2D eigenvalue weighted by atomic mass is 10.0. The molecule has 0 radical (unpaired) electrons. The van der Waals surface area contributed by atoms with E-state index in [0.29, 0.717) is 16.7 Å². The number of nitrogens with one attached hydrogen (secondary N) is 1. The number of hydrogen-bond donors (Lipinski definition) is 1. The zero-order chi connectivity index (χ0) is 24.9. The summed E-state index contributed by atoms with van der Waals surface area (Å²) in [6.07, 6.45) is 7.01. The second kappa shape index (κ2) is 11.1. The second-order valence-corrected chi connectivity index (χ2v) is 9.78. The Morgan fingerprint density at radius 1 is 1.03 bits per heavy atom. The molecular weight excluding hydrogens is 455 g/mol. The first-order valence-corrected chi connectivity index (χ1v) is 12.7. The van der Waals surface area contributed by atoms with Crippen LogP contribution in [0.5, 0.6) is 0 Å². The molecule has 2 aliphatic heterocycles. The fourth-order valence-corrected chi connectivity index (χ4v) is 4.90. The topological polar surface area (TPSA) is 64.6 Å². The summed E-state index contributed by atoms with van der Waals surface area (Å²) >= 11 is 0. The quantitative estimate of drug-likeness (QED) is 0.574. The SMILES string of the molecule is CN1CCN(c2ccc(CN3CCC(NC(=O)c4ccc(F)c(-c5cccnc5)c4)CC3)cn2)CC1. The molecule has 0 aliphatic carbocycles. The molecule has 188 valence electrons. The number of amides is 1. The Labute approximate surface area is 212 Å². The van der Waals surface area contributed by atoms with E-state index in [0.717, 1.165) is 64.5 Å². The summed E-state index contributed by atoms with van der Waals surface area (Å²) in [5, 5.41) is 3.14. The highest BCUT2D eigenvalue weighted by Gasteiger charge is 2.22. The predicted molar refractivity (Wildman–Crippen MR) is 139 cm³/mol. The molecule has 7 nitrogen and oxygen atoms in total. The zero-order valence-electron chi connectivity index (χ0n) is 20.7. The van der Waals surface area contributed by atoms with E-state index < -0.39 is 0 Å². The van der Waals surface area contributed by atoms with Crippen LogP contribution in [0.2, 0.25) is 0 Å². The van der Waals surface area contributed by atoms with Gasteiger partial charge in [0.2, 0.25) is 0 Å². The number of likely N-dealkylation sites (N-methyl/N-ethyl adjacent to an activating group) is 1. The summed E-state index contributed by atoms with van der Waals surface area (Å²) in [7, 11) is 2.16. The Morgan fingerprint density at radius 2 is 1.83 bits per heavy atom. The molecule has 1 N–H and O–H groups in total. The van der Waals surface area contributed by atoms with Gasteiger partial charge >= 0.3 is 0 Å². The standard InChI is InChI=1S/C28H33FN6O/c1-33-13-15-35(16-14-33)27-7-4-21(18-31-27)20-34-11-8-24(9-12-34)32-28(36)22-5-6-26(29)25(17-22)23-3-2-10-30-19-23/h2-7,10,17-19,24H,8-9,11-16,20H2,1H3,(H,32,36). The number of halogens is 1. The number of carbonyl (C=O) groups excluding carboxylic acids is 1. The van der Waals surface area contributed by atoms with Crippen LogP contribution in [0.15, 0.2) is 61.1 Å². The summed E-state index contributed by atoms with van der Waals surface area (Å²) in [4.78, 5) is 28.7. The number of piperazine rings is 1. The first-order chi connectivity index (χ1) is 17.5. The van der Waals surface area contributed by atoms with Gasteiger partial charge in [-0.15, -0.1) is 0 Å². The van der Waals surface area contributed by atoms with Gasteiger partial charge in [0.15, 0.2) is 0 Å². The van der Waals surface area contributed by atoms with Crippen molar-refractivity contribution in [3.63, 3.8) is 0 Å². The highest BCUT2D eigenvalue weighted by molar-refractivity contribution is 5.95. The Balaban J connectivity index is 1.11. The van der Waals surface area contributed by atoms with Gasteiger partial charge < -0.3 is 15.1 Å². The molecule has 2 saturated heterocycles. The summed E-state index contributed by atoms with van der Waals surface area (Å²) in [6, 6.07) is 12.5. The zero-order valence-corrected chi connectivity index (χ0v) is 20.7. The van der Waals surface area contributed by atoms with Gasteiger partial charge in [0.1, 0.15) is 11.6 Å². The minimum absolute atomic E-state index is 0.110. The van der Waals surface area contributed by atoms with Gasteiger partial charge in [0.25, 0.3) is 5.91 Å². The number of nitrogens with zero attached hydrogens (tertiary/aromatic N) is 5. The number of benzene rings is 1. The van der Waals surface area contributed by atoms with E-state index in [1.54, 1.807) is 36.7 Å². The summed E-state index contributed by atoms with van der Waals surface area (Å²) < 4.78 is 14.4. The molecule has 36 heavy (non-hydrogen) atoms. The fourth-order valence-electron chi connectivity index (χ4n) is 4.90. The van der Waals surface area contributed by atoms with E-state index in [-0.39, 0.29) is 17.8 Å². The van der Waals surface area contributed by atoms with Crippen molar-refractivity contribution in [2.75, 3.05) is 51.2 Å². The molecule has 2 fully saturated rings. The number of anilines is 1. The molecule has 2 aromatic heterocycles. The van der Waals surface area contributed by atoms with Crippen molar-refractivity contribution in [3.8, 4) is 11.1 Å². The minimum atomic E-state index is -0.362. The maximum Gasteiger partial charge on any atom is 0.251 e. The maximum absolute atomic E-state index is 14.4. The third kappa shape index (κ3) is 5.88. The average Bonchev–Trinajstić information content (AvgIpc) is 2.91. The molecular formula is C28H33FN6O. The van der Waals surface area contributed by atoms with Crippen LogP contribution in [0, 0.1) is 5.82 Å². The molecule has 4 heterocycles. The molecule has 0 spiro atoms. The number of aromatic nitrogens is 2. The normalized spacial score (nSPS) is 17.8. The van der Waals surface area contributed by atoms with Crippen LogP contribution in [-0.4, -0.2) is 78.0 Å². The molecule has 2 aliphatic rings. The van der Waals surface area contributed by atoms with Crippen molar-refractivity contribution in [2.24, 2.45) is 0 Å². The lowest BCUT2D eigenvalue weighted by Crippen LogP contribution is -2.45. The van der Waals surface area contributed by atoms with Crippen molar-refractivity contribution in [3.05, 3.63) is 78.0 Å². The third-order valence-corrected chi connectivity index (χ3v) is 7.17. The molecule has 0 unspecified atom stereocenters. The van der Waals surface area contributed by atoms with Crippen LogP contribution in [0.4, 0.5) is 10.2 Å². The third-order valence-electron chi connectivity index (χ3n) is 7.17. The fraction of sp³-hybridized carbons (Fsp3) is 0.393. The lowest BCUT2D eigenvalue weighted by molar-refractivity contribution is 0.0909. The van der Waals surface area contributed by atoms with Crippen LogP contribution in [0.25, 0.3) is 11.1 Å². The van der Waals surface area contributed by atoms with Gasteiger partial charge in [-0.25, -0.2) is 9.37 Å². The van der Waals surface area contributed by atoms with Gasteiger partial charge in [-0.2, -0.15) is 0 Å². The molecule has 3 aromatic rings. The first kappa shape index (κ1) is 24.3. The predicted octanol–water partition coefficient (Wildman–Crippen LogP) is 3.43. The van der Waals surface area contributed by atoms with Gasteiger partial charge in [-0.1, -0.05) is 12.1 Å². The minimum Gasteiger partial charge on any atom is -0.354 e. The van der Waals surface area contributed by atoms with E-state index in [9.17, 15) is 9.18 Å².